The number of carbonyl (C=O) groups is 3. The van der Waals surface area contributed by atoms with Gasteiger partial charge in [0, 0.05) is 13.1 Å². The van der Waals surface area contributed by atoms with Crippen molar-refractivity contribution in [2.45, 2.75) is 40.7 Å². The van der Waals surface area contributed by atoms with Crippen molar-refractivity contribution >= 4 is 17.9 Å². The quantitative estimate of drug-likeness (QED) is 0.668. The van der Waals surface area contributed by atoms with E-state index in [1.807, 2.05) is 13.8 Å². The van der Waals surface area contributed by atoms with Gasteiger partial charge in [-0.05, 0) is 19.3 Å². The van der Waals surface area contributed by atoms with Crippen LogP contribution in [0.25, 0.3) is 0 Å². The predicted molar refractivity (Wildman–Crippen MR) is 75.3 cm³/mol. The third-order valence-electron chi connectivity index (χ3n) is 2.90. The molecule has 0 fully saturated rings. The van der Waals surface area contributed by atoms with Crippen molar-refractivity contribution < 1.29 is 19.5 Å². The molecule has 116 valence electrons. The third-order valence-corrected chi connectivity index (χ3v) is 2.90. The summed E-state index contributed by atoms with van der Waals surface area (Å²) in [4.78, 5) is 36.0. The predicted octanol–water partition coefficient (Wildman–Crippen LogP) is 0.653. The molecule has 0 spiro atoms. The zero-order valence-electron chi connectivity index (χ0n) is 12.8. The Bertz CT molecular complexity index is 359. The van der Waals surface area contributed by atoms with Gasteiger partial charge in [0.15, 0.2) is 0 Å². The van der Waals surface area contributed by atoms with Gasteiger partial charge in [-0.1, -0.05) is 20.8 Å². The molecule has 0 aromatic rings. The molecule has 0 aromatic heterocycles. The number of carboxylic acid groups (broad SMARTS) is 1. The third kappa shape index (κ3) is 5.90. The van der Waals surface area contributed by atoms with Crippen LogP contribution in [0.15, 0.2) is 0 Å². The summed E-state index contributed by atoms with van der Waals surface area (Å²) in [5, 5.41) is 13.8. The summed E-state index contributed by atoms with van der Waals surface area (Å²) in [6, 6.07) is -1.68. The Balaban J connectivity index is 4.42. The Kier molecular flexibility index (Phi) is 7.02. The highest BCUT2D eigenvalue weighted by molar-refractivity contribution is 5.86. The highest BCUT2D eigenvalue weighted by Gasteiger charge is 2.32. The van der Waals surface area contributed by atoms with E-state index in [1.165, 1.54) is 0 Å². The smallest absolute Gasteiger partial charge is 0.326 e. The lowest BCUT2D eigenvalue weighted by Gasteiger charge is -2.28. The zero-order valence-corrected chi connectivity index (χ0v) is 12.8. The van der Waals surface area contributed by atoms with E-state index >= 15 is 0 Å². The van der Waals surface area contributed by atoms with Crippen LogP contribution in [0.4, 0.5) is 4.79 Å². The summed E-state index contributed by atoms with van der Waals surface area (Å²) in [5.41, 5.74) is -0.619. The summed E-state index contributed by atoms with van der Waals surface area (Å²) in [5.74, 6) is -1.31. The van der Waals surface area contributed by atoms with Crippen molar-refractivity contribution in [3.05, 3.63) is 0 Å². The largest absolute Gasteiger partial charge is 0.480 e. The van der Waals surface area contributed by atoms with Crippen molar-refractivity contribution in [3.63, 3.8) is 0 Å². The molecule has 0 unspecified atom stereocenters. The van der Waals surface area contributed by atoms with Gasteiger partial charge in [0.25, 0.3) is 0 Å². The van der Waals surface area contributed by atoms with E-state index in [1.54, 1.807) is 25.7 Å². The average Bonchev–Trinajstić information content (AvgIpc) is 2.33. The number of nitrogens with zero attached hydrogens (tertiary/aromatic N) is 1. The molecule has 3 N–H and O–H groups in total. The van der Waals surface area contributed by atoms with E-state index in [9.17, 15) is 14.4 Å². The van der Waals surface area contributed by atoms with Crippen LogP contribution in [-0.4, -0.2) is 53.6 Å². The Morgan fingerprint density at radius 2 is 1.65 bits per heavy atom. The Labute approximate surface area is 119 Å². The number of urea groups is 1. The van der Waals surface area contributed by atoms with Crippen molar-refractivity contribution in [1.29, 1.82) is 0 Å². The Hall–Kier alpha value is -1.79. The Morgan fingerprint density at radius 3 is 2.00 bits per heavy atom. The molecule has 0 rings (SSSR count). The van der Waals surface area contributed by atoms with E-state index < -0.39 is 23.5 Å². The summed E-state index contributed by atoms with van der Waals surface area (Å²) >= 11 is 0. The van der Waals surface area contributed by atoms with Gasteiger partial charge in [-0.2, -0.15) is 0 Å². The standard InChI is InChI=1S/C13H25N3O4/c1-6-16(7-2)9(17)8-14-12(20)15-10(11(18)19)13(3,4)5/h10H,6-8H2,1-5H3,(H,18,19)(H2,14,15,20)/t10-/m0/s1. The van der Waals surface area contributed by atoms with Crippen LogP contribution in [0.3, 0.4) is 0 Å². The molecule has 0 saturated carbocycles. The average molecular weight is 287 g/mol. The van der Waals surface area contributed by atoms with Gasteiger partial charge >= 0.3 is 12.0 Å². The molecular formula is C13H25N3O4. The molecule has 0 radical (unpaired) electrons. The number of rotatable bonds is 6. The van der Waals surface area contributed by atoms with Crippen molar-refractivity contribution in [1.82, 2.24) is 15.5 Å². The lowest BCUT2D eigenvalue weighted by molar-refractivity contribution is -0.141. The molecule has 1 atom stereocenters. The molecule has 0 aliphatic rings. The summed E-state index contributed by atoms with van der Waals surface area (Å²) in [7, 11) is 0. The number of carboxylic acids is 1. The second-order valence-electron chi connectivity index (χ2n) is 5.53. The molecule has 7 heteroatoms. The van der Waals surface area contributed by atoms with E-state index in [4.69, 9.17) is 5.11 Å². The number of nitrogens with one attached hydrogen (secondary N) is 2. The minimum atomic E-state index is -1.11. The number of hydrogen-bond acceptors (Lipinski definition) is 3. The fourth-order valence-corrected chi connectivity index (χ4v) is 1.67. The van der Waals surface area contributed by atoms with Crippen molar-refractivity contribution in [2.24, 2.45) is 5.41 Å². The van der Waals surface area contributed by atoms with Gasteiger partial charge in [0.1, 0.15) is 6.04 Å². The van der Waals surface area contributed by atoms with Crippen molar-refractivity contribution in [3.8, 4) is 0 Å². The molecule has 3 amide bonds. The zero-order chi connectivity index (χ0) is 15.9. The first-order chi connectivity index (χ1) is 9.13. The van der Waals surface area contributed by atoms with Crippen LogP contribution in [0.1, 0.15) is 34.6 Å². The van der Waals surface area contributed by atoms with Crippen molar-refractivity contribution in [2.75, 3.05) is 19.6 Å². The van der Waals surface area contributed by atoms with Crippen LogP contribution < -0.4 is 10.6 Å². The van der Waals surface area contributed by atoms with Crippen LogP contribution in [-0.2, 0) is 9.59 Å². The number of carbonyl (C=O) groups excluding carboxylic acids is 2. The maximum absolute atomic E-state index is 11.7. The van der Waals surface area contributed by atoms with Gasteiger partial charge in [-0.15, -0.1) is 0 Å². The lowest BCUT2D eigenvalue weighted by Crippen LogP contribution is -2.53. The summed E-state index contributed by atoms with van der Waals surface area (Å²) in [6.45, 7) is 9.83. The number of likely N-dealkylation sites (N-methyl/N-ethyl adjacent to an activating group) is 1. The van der Waals surface area contributed by atoms with Gasteiger partial charge in [-0.3, -0.25) is 4.79 Å². The summed E-state index contributed by atoms with van der Waals surface area (Å²) < 4.78 is 0. The minimum Gasteiger partial charge on any atom is -0.480 e. The van der Waals surface area contributed by atoms with Gasteiger partial charge in [0.2, 0.25) is 5.91 Å². The molecule has 7 nitrogen and oxygen atoms in total. The number of hydrogen-bond donors (Lipinski definition) is 3. The van der Waals surface area contributed by atoms with Gasteiger partial charge in [0.05, 0.1) is 6.54 Å². The van der Waals surface area contributed by atoms with Crippen LogP contribution >= 0.6 is 0 Å². The topological polar surface area (TPSA) is 98.7 Å². The second-order valence-corrected chi connectivity index (χ2v) is 5.53. The van der Waals surface area contributed by atoms with Crippen LogP contribution in [0, 0.1) is 5.41 Å². The second kappa shape index (κ2) is 7.72. The maximum atomic E-state index is 11.7. The van der Waals surface area contributed by atoms with E-state index in [0.717, 1.165) is 0 Å². The van der Waals surface area contributed by atoms with E-state index in [0.29, 0.717) is 13.1 Å². The number of aliphatic carboxylic acids is 1. The first-order valence-electron chi connectivity index (χ1n) is 6.68. The first kappa shape index (κ1) is 18.2. The molecule has 0 aliphatic carbocycles. The highest BCUT2D eigenvalue weighted by Crippen LogP contribution is 2.19. The summed E-state index contributed by atoms with van der Waals surface area (Å²) in [6.07, 6.45) is 0. The highest BCUT2D eigenvalue weighted by atomic mass is 16.4. The molecule has 0 aromatic carbocycles. The number of amides is 3. The lowest BCUT2D eigenvalue weighted by atomic mass is 9.87. The molecule has 0 aliphatic heterocycles. The van der Waals surface area contributed by atoms with E-state index in [2.05, 4.69) is 10.6 Å². The maximum Gasteiger partial charge on any atom is 0.326 e. The fraction of sp³-hybridized carbons (Fsp3) is 0.769. The molecule has 0 bridgehead atoms. The van der Waals surface area contributed by atoms with Crippen LogP contribution in [0.2, 0.25) is 0 Å². The Morgan fingerprint density at radius 1 is 1.15 bits per heavy atom. The van der Waals surface area contributed by atoms with Crippen LogP contribution in [0.5, 0.6) is 0 Å². The van der Waals surface area contributed by atoms with Gasteiger partial charge in [-0.25, -0.2) is 9.59 Å². The SMILES string of the molecule is CCN(CC)C(=O)CNC(=O)N[C@@H](C(=O)O)C(C)(C)C. The molecule has 0 saturated heterocycles. The molecular weight excluding hydrogens is 262 g/mol. The monoisotopic (exact) mass is 287 g/mol. The first-order valence-corrected chi connectivity index (χ1v) is 6.68. The van der Waals surface area contributed by atoms with Gasteiger partial charge < -0.3 is 20.6 Å². The normalized spacial score (nSPS) is 12.4. The molecule has 0 heterocycles. The minimum absolute atomic E-state index is 0.149. The molecule has 20 heavy (non-hydrogen) atoms. The van der Waals surface area contributed by atoms with E-state index in [-0.39, 0.29) is 12.5 Å². The fourth-order valence-electron chi connectivity index (χ4n) is 1.67.